The number of ketones is 1. The zero-order chi connectivity index (χ0) is 13.8. The van der Waals surface area contributed by atoms with E-state index in [0.29, 0.717) is 16.9 Å². The predicted molar refractivity (Wildman–Crippen MR) is 67.1 cm³/mol. The minimum atomic E-state index is -0.643. The number of hydrogen-bond donors (Lipinski definition) is 0. The first kappa shape index (κ1) is 13.2. The normalized spacial score (nSPS) is 10.3. The van der Waals surface area contributed by atoms with Crippen LogP contribution >= 0.6 is 0 Å². The Kier molecular flexibility index (Phi) is 3.90. The highest BCUT2D eigenvalue weighted by Crippen LogP contribution is 2.16. The van der Waals surface area contributed by atoms with Crippen molar-refractivity contribution < 1.29 is 18.3 Å². The molecule has 0 N–H and O–H groups in total. The van der Waals surface area contributed by atoms with Gasteiger partial charge >= 0.3 is 0 Å². The van der Waals surface area contributed by atoms with Gasteiger partial charge in [0.05, 0.1) is 0 Å². The highest BCUT2D eigenvalue weighted by atomic mass is 19.1. The van der Waals surface area contributed by atoms with Crippen LogP contribution in [0.5, 0.6) is 5.75 Å². The van der Waals surface area contributed by atoms with Gasteiger partial charge in [-0.15, -0.1) is 0 Å². The van der Waals surface area contributed by atoms with E-state index in [1.54, 1.807) is 24.3 Å². The van der Waals surface area contributed by atoms with E-state index < -0.39 is 11.6 Å². The van der Waals surface area contributed by atoms with E-state index in [4.69, 9.17) is 4.74 Å². The Labute approximate surface area is 109 Å². The van der Waals surface area contributed by atoms with Crippen LogP contribution in [0.2, 0.25) is 0 Å². The maximum absolute atomic E-state index is 13.0. The van der Waals surface area contributed by atoms with Crippen LogP contribution in [0.1, 0.15) is 22.8 Å². The third-order valence-electron chi connectivity index (χ3n) is 2.57. The third-order valence-corrected chi connectivity index (χ3v) is 2.57. The molecule has 0 saturated heterocycles. The summed E-state index contributed by atoms with van der Waals surface area (Å²) in [6, 6.07) is 9.87. The molecule has 0 aromatic heterocycles. The van der Waals surface area contributed by atoms with Crippen molar-refractivity contribution in [3.63, 3.8) is 0 Å². The smallest absolute Gasteiger partial charge is 0.159 e. The van der Waals surface area contributed by atoms with E-state index in [9.17, 15) is 13.6 Å². The topological polar surface area (TPSA) is 26.3 Å². The van der Waals surface area contributed by atoms with Crippen molar-refractivity contribution in [2.45, 2.75) is 13.5 Å². The van der Waals surface area contributed by atoms with E-state index in [-0.39, 0.29) is 12.4 Å². The molecule has 2 nitrogen and oxygen atoms in total. The van der Waals surface area contributed by atoms with E-state index >= 15 is 0 Å². The molecule has 0 aliphatic carbocycles. The molecule has 2 aromatic rings. The van der Waals surface area contributed by atoms with Crippen molar-refractivity contribution in [2.24, 2.45) is 0 Å². The van der Waals surface area contributed by atoms with Gasteiger partial charge in [0.25, 0.3) is 0 Å². The lowest BCUT2D eigenvalue weighted by atomic mass is 10.1. The number of benzene rings is 2. The summed E-state index contributed by atoms with van der Waals surface area (Å²) in [7, 11) is 0. The van der Waals surface area contributed by atoms with Gasteiger partial charge in [-0.1, -0.05) is 12.1 Å². The van der Waals surface area contributed by atoms with Gasteiger partial charge in [-0.05, 0) is 36.8 Å². The molecule has 98 valence electrons. The van der Waals surface area contributed by atoms with Crippen LogP contribution in [0.15, 0.2) is 42.5 Å². The van der Waals surface area contributed by atoms with Crippen LogP contribution in [0, 0.1) is 11.6 Å². The van der Waals surface area contributed by atoms with Crippen molar-refractivity contribution in [2.75, 3.05) is 0 Å². The molecular weight excluding hydrogens is 250 g/mol. The lowest BCUT2D eigenvalue weighted by molar-refractivity contribution is 0.101. The van der Waals surface area contributed by atoms with Crippen molar-refractivity contribution in [1.82, 2.24) is 0 Å². The minimum Gasteiger partial charge on any atom is -0.489 e. The first-order chi connectivity index (χ1) is 9.04. The molecular formula is C15H12F2O2. The summed E-state index contributed by atoms with van der Waals surface area (Å²) in [4.78, 5) is 11.2. The zero-order valence-corrected chi connectivity index (χ0v) is 10.3. The van der Waals surface area contributed by atoms with Gasteiger partial charge < -0.3 is 4.74 Å². The van der Waals surface area contributed by atoms with Crippen molar-refractivity contribution in [3.05, 3.63) is 65.2 Å². The Morgan fingerprint density at radius 1 is 1.11 bits per heavy atom. The number of ether oxygens (including phenoxy) is 1. The first-order valence-corrected chi connectivity index (χ1v) is 5.73. The Hall–Kier alpha value is -2.23. The molecule has 0 atom stereocenters. The van der Waals surface area contributed by atoms with Crippen LogP contribution in [0.4, 0.5) is 8.78 Å². The average Bonchev–Trinajstić information content (AvgIpc) is 2.35. The SMILES string of the molecule is CC(=O)c1cccc(OCc2cc(F)cc(F)c2)c1. The quantitative estimate of drug-likeness (QED) is 0.784. The maximum atomic E-state index is 13.0. The Morgan fingerprint density at radius 2 is 1.79 bits per heavy atom. The average molecular weight is 262 g/mol. The van der Waals surface area contributed by atoms with Crippen LogP contribution in [-0.4, -0.2) is 5.78 Å². The second kappa shape index (κ2) is 5.61. The van der Waals surface area contributed by atoms with Gasteiger partial charge in [-0.25, -0.2) is 8.78 Å². The molecule has 0 radical (unpaired) electrons. The molecule has 0 unspecified atom stereocenters. The molecule has 2 rings (SSSR count). The van der Waals surface area contributed by atoms with Gasteiger partial charge in [0.15, 0.2) is 5.78 Å². The van der Waals surface area contributed by atoms with E-state index in [1.165, 1.54) is 19.1 Å². The Bertz CT molecular complexity index is 589. The molecule has 19 heavy (non-hydrogen) atoms. The zero-order valence-electron chi connectivity index (χ0n) is 10.3. The standard InChI is InChI=1S/C15H12F2O2/c1-10(18)12-3-2-4-15(7-12)19-9-11-5-13(16)8-14(17)6-11/h2-8H,9H2,1H3. The fourth-order valence-electron chi connectivity index (χ4n) is 1.67. The largest absolute Gasteiger partial charge is 0.489 e. The summed E-state index contributed by atoms with van der Waals surface area (Å²) in [5.41, 5.74) is 0.925. The number of halogens is 2. The molecule has 4 heteroatoms. The van der Waals surface area contributed by atoms with Crippen molar-refractivity contribution in [1.29, 1.82) is 0 Å². The van der Waals surface area contributed by atoms with Gasteiger partial charge in [0, 0.05) is 11.6 Å². The number of rotatable bonds is 4. The first-order valence-electron chi connectivity index (χ1n) is 5.73. The number of carbonyl (C=O) groups excluding carboxylic acids is 1. The molecule has 0 saturated carbocycles. The molecule has 0 heterocycles. The van der Waals surface area contributed by atoms with Crippen molar-refractivity contribution in [3.8, 4) is 5.75 Å². The summed E-state index contributed by atoms with van der Waals surface area (Å²) in [5.74, 6) is -0.869. The van der Waals surface area contributed by atoms with Crippen LogP contribution in [-0.2, 0) is 6.61 Å². The maximum Gasteiger partial charge on any atom is 0.159 e. The van der Waals surface area contributed by atoms with Gasteiger partial charge in [0.1, 0.15) is 24.0 Å². The van der Waals surface area contributed by atoms with E-state index in [2.05, 4.69) is 0 Å². The number of hydrogen-bond acceptors (Lipinski definition) is 2. The van der Waals surface area contributed by atoms with Gasteiger partial charge in [0.2, 0.25) is 0 Å². The highest BCUT2D eigenvalue weighted by molar-refractivity contribution is 5.94. The lowest BCUT2D eigenvalue weighted by Crippen LogP contribution is -1.98. The second-order valence-electron chi connectivity index (χ2n) is 4.15. The summed E-state index contributed by atoms with van der Waals surface area (Å²) in [6.45, 7) is 1.50. The highest BCUT2D eigenvalue weighted by Gasteiger charge is 2.04. The van der Waals surface area contributed by atoms with E-state index in [1.807, 2.05) is 0 Å². The second-order valence-corrected chi connectivity index (χ2v) is 4.15. The lowest BCUT2D eigenvalue weighted by Gasteiger charge is -2.07. The monoisotopic (exact) mass is 262 g/mol. The van der Waals surface area contributed by atoms with Crippen LogP contribution < -0.4 is 4.74 Å². The fourth-order valence-corrected chi connectivity index (χ4v) is 1.67. The summed E-state index contributed by atoms with van der Waals surface area (Å²) >= 11 is 0. The van der Waals surface area contributed by atoms with Gasteiger partial charge in [-0.3, -0.25) is 4.79 Å². The van der Waals surface area contributed by atoms with Crippen LogP contribution in [0.3, 0.4) is 0 Å². The molecule has 0 bridgehead atoms. The Balaban J connectivity index is 2.10. The molecule has 0 aliphatic rings. The molecule has 0 fully saturated rings. The predicted octanol–water partition coefficient (Wildman–Crippen LogP) is 3.75. The van der Waals surface area contributed by atoms with Crippen LogP contribution in [0.25, 0.3) is 0 Å². The summed E-state index contributed by atoms with van der Waals surface area (Å²) in [6.07, 6.45) is 0. The van der Waals surface area contributed by atoms with Gasteiger partial charge in [-0.2, -0.15) is 0 Å². The minimum absolute atomic E-state index is 0.0377. The fraction of sp³-hybridized carbons (Fsp3) is 0.133. The molecule has 0 spiro atoms. The summed E-state index contributed by atoms with van der Waals surface area (Å²) in [5, 5.41) is 0. The molecule has 0 aliphatic heterocycles. The summed E-state index contributed by atoms with van der Waals surface area (Å²) < 4.78 is 31.4. The van der Waals surface area contributed by atoms with E-state index in [0.717, 1.165) is 6.07 Å². The Morgan fingerprint density at radius 3 is 2.42 bits per heavy atom. The van der Waals surface area contributed by atoms with Crippen molar-refractivity contribution >= 4 is 5.78 Å². The number of carbonyl (C=O) groups is 1. The molecule has 2 aromatic carbocycles. The third kappa shape index (κ3) is 3.61. The number of Topliss-reactive ketones (excluding diaryl/α,β-unsaturated/α-hetero) is 1. The molecule has 0 amide bonds.